The monoisotopic (exact) mass is 319 g/mol. The highest BCUT2D eigenvalue weighted by molar-refractivity contribution is 6.07. The molecule has 1 atom stereocenters. The van der Waals surface area contributed by atoms with Gasteiger partial charge in [0.05, 0.1) is 14.2 Å². The third-order valence-electron chi connectivity index (χ3n) is 3.89. The molecule has 0 saturated carbocycles. The molecule has 1 fully saturated rings. The fraction of sp³-hybridized carbons (Fsp3) is 0.235. The number of anilines is 1. The molecular formula is C17H15F2NO3. The van der Waals surface area contributed by atoms with Crippen LogP contribution in [-0.4, -0.2) is 26.0 Å². The molecule has 1 saturated heterocycles. The van der Waals surface area contributed by atoms with E-state index >= 15 is 0 Å². The van der Waals surface area contributed by atoms with E-state index in [4.69, 9.17) is 9.47 Å². The van der Waals surface area contributed by atoms with E-state index in [2.05, 4.69) is 0 Å². The smallest absolute Gasteiger partial charge is 0.349 e. The average molecular weight is 319 g/mol. The summed E-state index contributed by atoms with van der Waals surface area (Å²) < 4.78 is 38.3. The maximum atomic E-state index is 14.1. The van der Waals surface area contributed by atoms with Gasteiger partial charge in [0.2, 0.25) is 0 Å². The first-order valence-electron chi connectivity index (χ1n) is 6.98. The number of hydrogen-bond acceptors (Lipinski definition) is 3. The van der Waals surface area contributed by atoms with Crippen LogP contribution < -0.4 is 14.4 Å². The third-order valence-corrected chi connectivity index (χ3v) is 3.89. The van der Waals surface area contributed by atoms with E-state index in [9.17, 15) is 13.6 Å². The number of alkyl halides is 2. The van der Waals surface area contributed by atoms with Gasteiger partial charge in [-0.15, -0.1) is 0 Å². The van der Waals surface area contributed by atoms with E-state index in [0.29, 0.717) is 22.7 Å². The number of nitrogens with zero attached hydrogens (tertiary/aromatic N) is 1. The lowest BCUT2D eigenvalue weighted by molar-refractivity contribution is -0.162. The van der Waals surface area contributed by atoms with Crippen LogP contribution in [0.3, 0.4) is 0 Å². The molecule has 120 valence electrons. The molecule has 0 aromatic heterocycles. The highest BCUT2D eigenvalue weighted by Crippen LogP contribution is 2.49. The van der Waals surface area contributed by atoms with Crippen LogP contribution in [0.25, 0.3) is 0 Å². The standard InChI is InChI=1S/C17H15F2NO3/c1-22-13-7-3-11(4-8-13)15-17(18,19)16(21)20(15)12-5-9-14(23-2)10-6-12/h3-10,15H,1-2H3/t15-/m0/s1. The Balaban J connectivity index is 1.95. The molecule has 1 aliphatic heterocycles. The predicted octanol–water partition coefficient (Wildman–Crippen LogP) is 3.43. The number of benzene rings is 2. The number of hydrogen-bond donors (Lipinski definition) is 0. The van der Waals surface area contributed by atoms with Crippen molar-refractivity contribution in [1.29, 1.82) is 0 Å². The lowest BCUT2D eigenvalue weighted by Gasteiger charge is -2.46. The topological polar surface area (TPSA) is 38.8 Å². The van der Waals surface area contributed by atoms with Crippen molar-refractivity contribution < 1.29 is 23.0 Å². The second-order valence-corrected chi connectivity index (χ2v) is 5.17. The lowest BCUT2D eigenvalue weighted by atomic mass is 9.89. The molecule has 0 radical (unpaired) electrons. The molecule has 3 rings (SSSR count). The van der Waals surface area contributed by atoms with E-state index in [0.717, 1.165) is 4.90 Å². The fourth-order valence-electron chi connectivity index (χ4n) is 2.64. The Kier molecular flexibility index (Phi) is 3.67. The van der Waals surface area contributed by atoms with E-state index in [-0.39, 0.29) is 0 Å². The van der Waals surface area contributed by atoms with Crippen LogP contribution in [0.4, 0.5) is 14.5 Å². The van der Waals surface area contributed by atoms with Crippen LogP contribution in [0.5, 0.6) is 11.5 Å². The summed E-state index contributed by atoms with van der Waals surface area (Å²) in [4.78, 5) is 13.0. The summed E-state index contributed by atoms with van der Waals surface area (Å²) in [6, 6.07) is 11.4. The second kappa shape index (κ2) is 5.53. The summed E-state index contributed by atoms with van der Waals surface area (Å²) in [5.41, 5.74) is 0.758. The van der Waals surface area contributed by atoms with E-state index in [1.807, 2.05) is 0 Å². The highest BCUT2D eigenvalue weighted by atomic mass is 19.3. The molecule has 0 unspecified atom stereocenters. The minimum atomic E-state index is -3.42. The molecule has 6 heteroatoms. The maximum absolute atomic E-state index is 14.1. The Hall–Kier alpha value is -2.63. The predicted molar refractivity (Wildman–Crippen MR) is 81.2 cm³/mol. The minimum Gasteiger partial charge on any atom is -0.497 e. The van der Waals surface area contributed by atoms with Gasteiger partial charge in [0, 0.05) is 5.69 Å². The Labute approximate surface area is 132 Å². The molecule has 23 heavy (non-hydrogen) atoms. The zero-order valence-corrected chi connectivity index (χ0v) is 12.6. The van der Waals surface area contributed by atoms with Crippen LogP contribution in [-0.2, 0) is 4.79 Å². The zero-order chi connectivity index (χ0) is 16.6. The Morgan fingerprint density at radius 2 is 1.39 bits per heavy atom. The fourth-order valence-corrected chi connectivity index (χ4v) is 2.64. The summed E-state index contributed by atoms with van der Waals surface area (Å²) in [7, 11) is 3.01. The average Bonchev–Trinajstić information content (AvgIpc) is 2.59. The van der Waals surface area contributed by atoms with Gasteiger partial charge >= 0.3 is 11.8 Å². The van der Waals surface area contributed by atoms with Gasteiger partial charge in [0.25, 0.3) is 0 Å². The maximum Gasteiger partial charge on any atom is 0.349 e. The SMILES string of the molecule is COc1ccc([C@@H]2N(c3ccc(OC)cc3)C(=O)C2(F)F)cc1. The van der Waals surface area contributed by atoms with Crippen molar-refractivity contribution in [1.82, 2.24) is 0 Å². The first-order chi connectivity index (χ1) is 11.0. The lowest BCUT2D eigenvalue weighted by Crippen LogP contribution is -2.64. The van der Waals surface area contributed by atoms with Crippen LogP contribution in [0, 0.1) is 0 Å². The van der Waals surface area contributed by atoms with Crippen molar-refractivity contribution in [2.45, 2.75) is 12.0 Å². The molecule has 2 aromatic rings. The first-order valence-corrected chi connectivity index (χ1v) is 6.98. The normalized spacial score (nSPS) is 19.2. The Morgan fingerprint density at radius 1 is 0.913 bits per heavy atom. The van der Waals surface area contributed by atoms with Crippen molar-refractivity contribution in [2.75, 3.05) is 19.1 Å². The molecule has 0 aliphatic carbocycles. The third kappa shape index (κ3) is 2.40. The van der Waals surface area contributed by atoms with Gasteiger partial charge in [-0.1, -0.05) is 12.1 Å². The number of rotatable bonds is 4. The number of halogens is 2. The van der Waals surface area contributed by atoms with E-state index in [1.54, 1.807) is 48.5 Å². The quantitative estimate of drug-likeness (QED) is 0.811. The number of β-lactam (4-membered cyclic amide) rings is 1. The molecule has 0 spiro atoms. The van der Waals surface area contributed by atoms with Crippen LogP contribution in [0.1, 0.15) is 11.6 Å². The Bertz CT molecular complexity index is 714. The summed E-state index contributed by atoms with van der Waals surface area (Å²) in [6.45, 7) is 0. The van der Waals surface area contributed by atoms with Gasteiger partial charge in [-0.25, -0.2) is 0 Å². The molecule has 1 amide bonds. The van der Waals surface area contributed by atoms with E-state index < -0.39 is 17.9 Å². The molecule has 0 N–H and O–H groups in total. The molecule has 4 nitrogen and oxygen atoms in total. The van der Waals surface area contributed by atoms with Crippen molar-refractivity contribution in [3.8, 4) is 11.5 Å². The van der Waals surface area contributed by atoms with Crippen LogP contribution in [0.2, 0.25) is 0 Å². The second-order valence-electron chi connectivity index (χ2n) is 5.17. The number of ether oxygens (including phenoxy) is 2. The Morgan fingerprint density at radius 3 is 1.87 bits per heavy atom. The molecule has 0 bridgehead atoms. The minimum absolute atomic E-state index is 0.353. The molecule has 1 heterocycles. The summed E-state index contributed by atoms with van der Waals surface area (Å²) in [5.74, 6) is -3.47. The van der Waals surface area contributed by atoms with Gasteiger partial charge in [-0.05, 0) is 42.0 Å². The molecule has 2 aromatic carbocycles. The van der Waals surface area contributed by atoms with Gasteiger partial charge in [0.1, 0.15) is 17.5 Å². The number of amides is 1. The molecular weight excluding hydrogens is 304 g/mol. The summed E-state index contributed by atoms with van der Waals surface area (Å²) >= 11 is 0. The summed E-state index contributed by atoms with van der Waals surface area (Å²) in [6.07, 6.45) is 0. The number of methoxy groups -OCH3 is 2. The van der Waals surface area contributed by atoms with Gasteiger partial charge < -0.3 is 9.47 Å². The molecule has 1 aliphatic rings. The highest BCUT2D eigenvalue weighted by Gasteiger charge is 2.64. The van der Waals surface area contributed by atoms with Crippen LogP contribution in [0.15, 0.2) is 48.5 Å². The van der Waals surface area contributed by atoms with Crippen LogP contribution >= 0.6 is 0 Å². The largest absolute Gasteiger partial charge is 0.497 e. The zero-order valence-electron chi connectivity index (χ0n) is 12.6. The van der Waals surface area contributed by atoms with Crippen molar-refractivity contribution in [2.24, 2.45) is 0 Å². The van der Waals surface area contributed by atoms with Crippen molar-refractivity contribution in [3.63, 3.8) is 0 Å². The van der Waals surface area contributed by atoms with Gasteiger partial charge in [-0.2, -0.15) is 8.78 Å². The van der Waals surface area contributed by atoms with Gasteiger partial charge in [0.15, 0.2) is 0 Å². The first kappa shape index (κ1) is 15.3. The number of carbonyl (C=O) groups excluding carboxylic acids is 1. The number of carbonyl (C=O) groups is 1. The van der Waals surface area contributed by atoms with Gasteiger partial charge in [-0.3, -0.25) is 9.69 Å². The van der Waals surface area contributed by atoms with Crippen molar-refractivity contribution in [3.05, 3.63) is 54.1 Å². The van der Waals surface area contributed by atoms with Crippen molar-refractivity contribution >= 4 is 11.6 Å². The van der Waals surface area contributed by atoms with E-state index in [1.165, 1.54) is 14.2 Å². The summed E-state index contributed by atoms with van der Waals surface area (Å²) in [5, 5.41) is 0.